The Morgan fingerprint density at radius 2 is 1.90 bits per heavy atom. The molecule has 3 rings (SSSR count). The third kappa shape index (κ3) is 2.25. The van der Waals surface area contributed by atoms with Gasteiger partial charge in [0.25, 0.3) is 0 Å². The minimum absolute atomic E-state index is 0.0286. The molecule has 0 aliphatic heterocycles. The van der Waals surface area contributed by atoms with Gasteiger partial charge >= 0.3 is 0 Å². The fourth-order valence-electron chi connectivity index (χ4n) is 1.98. The number of hydrogen-bond donors (Lipinski definition) is 1. The second-order valence-corrected chi connectivity index (χ2v) is 6.10. The van der Waals surface area contributed by atoms with E-state index in [1.807, 2.05) is 22.6 Å². The first kappa shape index (κ1) is 14.0. The molecule has 2 nitrogen and oxygen atoms in total. The third-order valence-corrected chi connectivity index (χ3v) is 4.30. The summed E-state index contributed by atoms with van der Waals surface area (Å²) in [6.45, 7) is 0. The van der Waals surface area contributed by atoms with Crippen LogP contribution in [-0.2, 0) is 0 Å². The predicted molar refractivity (Wildman–Crippen MR) is 86.1 cm³/mol. The van der Waals surface area contributed by atoms with E-state index in [0.717, 1.165) is 0 Å². The average Bonchev–Trinajstić information content (AvgIpc) is 2.69. The fraction of sp³-hybridized carbons (Fsp3) is 0. The Morgan fingerprint density at radius 1 is 1.15 bits per heavy atom. The SMILES string of the molecule is Fc1cc(-n2c(=S)[nH]c3cc(I)c(F)cc32)ccc1Cl. The number of hydrogen-bond acceptors (Lipinski definition) is 1. The molecule has 1 aromatic heterocycles. The van der Waals surface area contributed by atoms with Gasteiger partial charge in [0.2, 0.25) is 0 Å². The van der Waals surface area contributed by atoms with Crippen LogP contribution in [0, 0.1) is 20.0 Å². The van der Waals surface area contributed by atoms with Gasteiger partial charge < -0.3 is 4.98 Å². The molecular formula is C13H6ClF2IN2S. The summed E-state index contributed by atoms with van der Waals surface area (Å²) in [6, 6.07) is 7.36. The van der Waals surface area contributed by atoms with Crippen molar-refractivity contribution in [1.82, 2.24) is 9.55 Å². The van der Waals surface area contributed by atoms with Gasteiger partial charge in [-0.15, -0.1) is 0 Å². The highest BCUT2D eigenvalue weighted by Gasteiger charge is 2.11. The normalized spacial score (nSPS) is 11.2. The number of H-pyrrole nitrogens is 1. The van der Waals surface area contributed by atoms with Gasteiger partial charge in [0.05, 0.1) is 25.3 Å². The summed E-state index contributed by atoms with van der Waals surface area (Å²) < 4.78 is 29.7. The van der Waals surface area contributed by atoms with E-state index in [1.165, 1.54) is 18.2 Å². The summed E-state index contributed by atoms with van der Waals surface area (Å²) in [7, 11) is 0. The second kappa shape index (κ2) is 5.09. The monoisotopic (exact) mass is 422 g/mol. The van der Waals surface area contributed by atoms with Crippen LogP contribution in [-0.4, -0.2) is 9.55 Å². The van der Waals surface area contributed by atoms with Crippen LogP contribution in [0.2, 0.25) is 5.02 Å². The number of rotatable bonds is 1. The summed E-state index contributed by atoms with van der Waals surface area (Å²) >= 11 is 12.8. The minimum atomic E-state index is -0.550. The van der Waals surface area contributed by atoms with E-state index in [4.69, 9.17) is 23.8 Å². The molecule has 1 N–H and O–H groups in total. The number of halogens is 4. The number of fused-ring (bicyclic) bond motifs is 1. The maximum Gasteiger partial charge on any atom is 0.182 e. The summed E-state index contributed by atoms with van der Waals surface area (Å²) in [5.41, 5.74) is 1.73. The molecule has 0 aliphatic carbocycles. The van der Waals surface area contributed by atoms with Gasteiger partial charge in [-0.05, 0) is 59.1 Å². The Balaban J connectivity index is 2.35. The van der Waals surface area contributed by atoms with Crippen molar-refractivity contribution in [2.24, 2.45) is 0 Å². The van der Waals surface area contributed by atoms with Crippen LogP contribution >= 0.6 is 46.4 Å². The van der Waals surface area contributed by atoms with Gasteiger partial charge in [-0.25, -0.2) is 8.78 Å². The quantitative estimate of drug-likeness (QED) is 0.421. The van der Waals surface area contributed by atoms with Crippen LogP contribution in [0.15, 0.2) is 30.3 Å². The number of nitrogens with zero attached hydrogens (tertiary/aromatic N) is 1. The molecule has 0 radical (unpaired) electrons. The van der Waals surface area contributed by atoms with Gasteiger partial charge in [-0.2, -0.15) is 0 Å². The molecule has 0 atom stereocenters. The van der Waals surface area contributed by atoms with Crippen molar-refractivity contribution in [2.45, 2.75) is 0 Å². The van der Waals surface area contributed by atoms with Gasteiger partial charge in [-0.3, -0.25) is 4.57 Å². The number of imidazole rings is 1. The van der Waals surface area contributed by atoms with E-state index in [1.54, 1.807) is 16.7 Å². The Labute approximate surface area is 136 Å². The molecule has 0 spiro atoms. The van der Waals surface area contributed by atoms with Crippen LogP contribution in [0.3, 0.4) is 0 Å². The minimum Gasteiger partial charge on any atom is -0.330 e. The van der Waals surface area contributed by atoms with Gasteiger partial charge in [0.1, 0.15) is 11.6 Å². The highest BCUT2D eigenvalue weighted by atomic mass is 127. The van der Waals surface area contributed by atoms with E-state index in [0.29, 0.717) is 25.1 Å². The molecule has 7 heteroatoms. The Hall–Kier alpha value is -0.990. The lowest BCUT2D eigenvalue weighted by molar-refractivity contribution is 0.621. The molecule has 0 unspecified atom stereocenters. The standard InChI is InChI=1S/C13H6ClF2IN2S/c14-7-2-1-6(3-8(7)15)19-12-4-9(16)10(17)5-11(12)18-13(19)20/h1-5H,(H,18,20). The maximum absolute atomic E-state index is 13.7. The van der Waals surface area contributed by atoms with Crippen molar-refractivity contribution < 1.29 is 8.78 Å². The van der Waals surface area contributed by atoms with E-state index in [2.05, 4.69) is 4.98 Å². The summed E-state index contributed by atoms with van der Waals surface area (Å²) in [4.78, 5) is 2.98. The molecule has 2 aromatic carbocycles. The fourth-order valence-corrected chi connectivity index (χ4v) is 2.88. The Kier molecular flexibility index (Phi) is 3.55. The predicted octanol–water partition coefficient (Wildman–Crippen LogP) is 5.22. The molecule has 0 saturated carbocycles. The van der Waals surface area contributed by atoms with E-state index in [9.17, 15) is 8.78 Å². The lowest BCUT2D eigenvalue weighted by Gasteiger charge is -2.06. The first-order valence-electron chi connectivity index (χ1n) is 5.52. The van der Waals surface area contributed by atoms with Crippen molar-refractivity contribution >= 4 is 57.4 Å². The largest absolute Gasteiger partial charge is 0.330 e. The van der Waals surface area contributed by atoms with Crippen molar-refractivity contribution in [3.63, 3.8) is 0 Å². The molecule has 102 valence electrons. The van der Waals surface area contributed by atoms with Gasteiger partial charge in [0.15, 0.2) is 4.77 Å². The first-order valence-corrected chi connectivity index (χ1v) is 7.39. The number of aromatic nitrogens is 2. The van der Waals surface area contributed by atoms with Gasteiger partial charge in [-0.1, -0.05) is 11.6 Å². The van der Waals surface area contributed by atoms with Crippen LogP contribution in [0.4, 0.5) is 8.78 Å². The van der Waals surface area contributed by atoms with Crippen LogP contribution in [0.1, 0.15) is 0 Å². The molecule has 0 aliphatic rings. The van der Waals surface area contributed by atoms with Crippen molar-refractivity contribution in [2.75, 3.05) is 0 Å². The van der Waals surface area contributed by atoms with Crippen LogP contribution in [0.5, 0.6) is 0 Å². The van der Waals surface area contributed by atoms with Crippen molar-refractivity contribution in [3.05, 3.63) is 55.3 Å². The second-order valence-electron chi connectivity index (χ2n) is 4.15. The summed E-state index contributed by atoms with van der Waals surface area (Å²) in [6.07, 6.45) is 0. The number of aromatic amines is 1. The smallest absolute Gasteiger partial charge is 0.182 e. The lowest BCUT2D eigenvalue weighted by Crippen LogP contribution is -1.95. The molecule has 0 saturated heterocycles. The Bertz CT molecular complexity index is 888. The number of nitrogens with one attached hydrogen (secondary N) is 1. The lowest BCUT2D eigenvalue weighted by atomic mass is 10.2. The Morgan fingerprint density at radius 3 is 2.60 bits per heavy atom. The first-order chi connectivity index (χ1) is 9.47. The van der Waals surface area contributed by atoms with Crippen molar-refractivity contribution in [3.8, 4) is 5.69 Å². The van der Waals surface area contributed by atoms with Gasteiger partial charge in [0, 0.05) is 6.07 Å². The summed E-state index contributed by atoms with van der Waals surface area (Å²) in [5.74, 6) is -0.901. The maximum atomic E-state index is 13.7. The highest BCUT2D eigenvalue weighted by molar-refractivity contribution is 14.1. The third-order valence-electron chi connectivity index (χ3n) is 2.89. The number of benzene rings is 2. The molecule has 1 heterocycles. The average molecular weight is 423 g/mol. The molecule has 3 aromatic rings. The summed E-state index contributed by atoms with van der Waals surface area (Å²) in [5, 5.41) is 0.0286. The molecule has 0 amide bonds. The van der Waals surface area contributed by atoms with E-state index < -0.39 is 5.82 Å². The van der Waals surface area contributed by atoms with Crippen molar-refractivity contribution in [1.29, 1.82) is 0 Å². The van der Waals surface area contributed by atoms with Crippen LogP contribution in [0.25, 0.3) is 16.7 Å². The zero-order chi connectivity index (χ0) is 14.4. The molecule has 0 fully saturated rings. The molecule has 20 heavy (non-hydrogen) atoms. The highest BCUT2D eigenvalue weighted by Crippen LogP contribution is 2.25. The molecule has 0 bridgehead atoms. The van der Waals surface area contributed by atoms with E-state index >= 15 is 0 Å². The van der Waals surface area contributed by atoms with Crippen LogP contribution < -0.4 is 0 Å². The zero-order valence-electron chi connectivity index (χ0n) is 9.75. The molecular weight excluding hydrogens is 417 g/mol. The topological polar surface area (TPSA) is 20.7 Å². The van der Waals surface area contributed by atoms with E-state index in [-0.39, 0.29) is 10.8 Å². The zero-order valence-corrected chi connectivity index (χ0v) is 13.5.